The summed E-state index contributed by atoms with van der Waals surface area (Å²) in [4.78, 5) is 30.3. The number of hydrogen-bond acceptors (Lipinski definition) is 3. The highest BCUT2D eigenvalue weighted by Gasteiger charge is 2.37. The number of benzene rings is 2. The molecule has 2 aromatic carbocycles. The van der Waals surface area contributed by atoms with Gasteiger partial charge in [-0.3, -0.25) is 14.5 Å². The Hall–Kier alpha value is -2.37. The molecular formula is C26H32ClN3O2. The molecule has 2 fully saturated rings. The van der Waals surface area contributed by atoms with Crippen LogP contribution in [0.15, 0.2) is 54.6 Å². The number of carbonyl (C=O) groups excluding carboxylic acids is 2. The van der Waals surface area contributed by atoms with E-state index in [1.54, 1.807) is 24.3 Å². The minimum absolute atomic E-state index is 0.0334. The standard InChI is InChI=1S/C26H32ClN3O2/c27-23-12-10-22(11-13-23)26(32)30-18-16-29(17-19-30)24(21-8-4-5-9-21)25(31)28-15-14-20-6-2-1-3-7-20/h1-3,6-7,10-13,21,24H,4-5,8-9,14-19H2,(H,28,31)/t24-/m0/s1. The van der Waals surface area contributed by atoms with Gasteiger partial charge in [-0.2, -0.15) is 0 Å². The molecule has 1 aliphatic carbocycles. The first-order valence-corrected chi connectivity index (χ1v) is 12.1. The van der Waals surface area contributed by atoms with Crippen LogP contribution < -0.4 is 5.32 Å². The summed E-state index contributed by atoms with van der Waals surface area (Å²) in [5.41, 5.74) is 1.90. The first kappa shape index (κ1) is 22.8. The van der Waals surface area contributed by atoms with E-state index >= 15 is 0 Å². The van der Waals surface area contributed by atoms with Crippen LogP contribution in [0, 0.1) is 5.92 Å². The third kappa shape index (κ3) is 5.70. The molecule has 0 aromatic heterocycles. The van der Waals surface area contributed by atoms with Crippen LogP contribution in [0.5, 0.6) is 0 Å². The summed E-state index contributed by atoms with van der Waals surface area (Å²) in [6.07, 6.45) is 5.47. The number of carbonyl (C=O) groups is 2. The molecule has 0 unspecified atom stereocenters. The highest BCUT2D eigenvalue weighted by Crippen LogP contribution is 2.31. The second-order valence-corrected chi connectivity index (χ2v) is 9.29. The Labute approximate surface area is 195 Å². The third-order valence-electron chi connectivity index (χ3n) is 6.76. The molecule has 1 saturated heterocycles. The lowest BCUT2D eigenvalue weighted by atomic mass is 9.94. The Bertz CT molecular complexity index is 889. The van der Waals surface area contributed by atoms with E-state index in [-0.39, 0.29) is 17.9 Å². The lowest BCUT2D eigenvalue weighted by molar-refractivity contribution is -0.129. The minimum Gasteiger partial charge on any atom is -0.354 e. The van der Waals surface area contributed by atoms with Crippen LogP contribution in [-0.4, -0.2) is 60.4 Å². The Morgan fingerprint density at radius 2 is 1.59 bits per heavy atom. The zero-order valence-corrected chi connectivity index (χ0v) is 19.3. The van der Waals surface area contributed by atoms with Crippen molar-refractivity contribution in [1.29, 1.82) is 0 Å². The van der Waals surface area contributed by atoms with Crippen molar-refractivity contribution in [2.45, 2.75) is 38.1 Å². The van der Waals surface area contributed by atoms with Gasteiger partial charge in [-0.05, 0) is 55.0 Å². The van der Waals surface area contributed by atoms with Crippen LogP contribution >= 0.6 is 11.6 Å². The van der Waals surface area contributed by atoms with Gasteiger partial charge in [0.2, 0.25) is 5.91 Å². The van der Waals surface area contributed by atoms with Gasteiger partial charge in [0.25, 0.3) is 5.91 Å². The summed E-state index contributed by atoms with van der Waals surface area (Å²) in [5.74, 6) is 0.585. The Kier molecular flexibility index (Phi) is 7.82. The predicted molar refractivity (Wildman–Crippen MR) is 128 cm³/mol. The molecule has 1 heterocycles. The molecule has 2 aliphatic rings. The SMILES string of the molecule is O=C(NCCc1ccccc1)[C@H](C1CCCC1)N1CCN(C(=O)c2ccc(Cl)cc2)CC1. The third-order valence-corrected chi connectivity index (χ3v) is 7.01. The number of piperazine rings is 1. The smallest absolute Gasteiger partial charge is 0.253 e. The number of amides is 2. The summed E-state index contributed by atoms with van der Waals surface area (Å²) in [7, 11) is 0. The Balaban J connectivity index is 1.34. The molecule has 4 rings (SSSR count). The molecule has 5 nitrogen and oxygen atoms in total. The largest absolute Gasteiger partial charge is 0.354 e. The maximum Gasteiger partial charge on any atom is 0.253 e. The Morgan fingerprint density at radius 3 is 2.25 bits per heavy atom. The van der Waals surface area contributed by atoms with Crippen molar-refractivity contribution in [3.05, 3.63) is 70.7 Å². The molecule has 1 saturated carbocycles. The average Bonchev–Trinajstić information content (AvgIpc) is 3.35. The molecule has 0 radical (unpaired) electrons. The molecule has 0 bridgehead atoms. The minimum atomic E-state index is -0.0962. The molecule has 32 heavy (non-hydrogen) atoms. The summed E-state index contributed by atoms with van der Waals surface area (Å²) in [6.45, 7) is 3.39. The zero-order chi connectivity index (χ0) is 22.3. The van der Waals surface area contributed by atoms with Gasteiger partial charge in [0.15, 0.2) is 0 Å². The molecule has 2 amide bonds. The monoisotopic (exact) mass is 453 g/mol. The van der Waals surface area contributed by atoms with E-state index in [9.17, 15) is 9.59 Å². The van der Waals surface area contributed by atoms with Crippen molar-refractivity contribution in [2.75, 3.05) is 32.7 Å². The van der Waals surface area contributed by atoms with Crippen molar-refractivity contribution in [2.24, 2.45) is 5.92 Å². The van der Waals surface area contributed by atoms with E-state index in [0.717, 1.165) is 32.4 Å². The summed E-state index contributed by atoms with van der Waals surface area (Å²) in [5, 5.41) is 3.83. The lowest BCUT2D eigenvalue weighted by Gasteiger charge is -2.40. The second-order valence-electron chi connectivity index (χ2n) is 8.85. The van der Waals surface area contributed by atoms with Gasteiger partial charge in [-0.15, -0.1) is 0 Å². The van der Waals surface area contributed by atoms with E-state index in [2.05, 4.69) is 22.3 Å². The van der Waals surface area contributed by atoms with Crippen LogP contribution in [-0.2, 0) is 11.2 Å². The number of rotatable bonds is 7. The molecule has 2 aromatic rings. The van der Waals surface area contributed by atoms with Gasteiger partial charge in [-0.25, -0.2) is 0 Å². The topological polar surface area (TPSA) is 52.7 Å². The first-order chi connectivity index (χ1) is 15.6. The maximum absolute atomic E-state index is 13.2. The molecule has 1 atom stereocenters. The molecule has 170 valence electrons. The lowest BCUT2D eigenvalue weighted by Crippen LogP contribution is -2.58. The van der Waals surface area contributed by atoms with E-state index in [4.69, 9.17) is 11.6 Å². The number of halogens is 1. The van der Waals surface area contributed by atoms with Crippen LogP contribution in [0.2, 0.25) is 5.02 Å². The van der Waals surface area contributed by atoms with Gasteiger partial charge in [0.1, 0.15) is 0 Å². The van der Waals surface area contributed by atoms with Crippen molar-refractivity contribution in [3.63, 3.8) is 0 Å². The molecular weight excluding hydrogens is 422 g/mol. The van der Waals surface area contributed by atoms with Gasteiger partial charge >= 0.3 is 0 Å². The maximum atomic E-state index is 13.2. The number of hydrogen-bond donors (Lipinski definition) is 1. The van der Waals surface area contributed by atoms with Crippen LogP contribution in [0.1, 0.15) is 41.6 Å². The van der Waals surface area contributed by atoms with Gasteiger partial charge < -0.3 is 10.2 Å². The van der Waals surface area contributed by atoms with E-state index in [1.165, 1.54) is 18.4 Å². The number of nitrogens with one attached hydrogen (secondary N) is 1. The fraction of sp³-hybridized carbons (Fsp3) is 0.462. The summed E-state index contributed by atoms with van der Waals surface area (Å²) in [6, 6.07) is 17.2. The molecule has 6 heteroatoms. The van der Waals surface area contributed by atoms with Crippen LogP contribution in [0.4, 0.5) is 0 Å². The van der Waals surface area contributed by atoms with Crippen molar-refractivity contribution in [3.8, 4) is 0 Å². The fourth-order valence-electron chi connectivity index (χ4n) is 5.01. The second kappa shape index (κ2) is 11.0. The predicted octanol–water partition coefficient (Wildman–Crippen LogP) is 4.02. The first-order valence-electron chi connectivity index (χ1n) is 11.7. The van der Waals surface area contributed by atoms with E-state index in [0.29, 0.717) is 36.1 Å². The quantitative estimate of drug-likeness (QED) is 0.689. The average molecular weight is 454 g/mol. The molecule has 0 spiro atoms. The van der Waals surface area contributed by atoms with Crippen LogP contribution in [0.3, 0.4) is 0 Å². The van der Waals surface area contributed by atoms with Crippen molar-refractivity contribution in [1.82, 2.24) is 15.1 Å². The van der Waals surface area contributed by atoms with Gasteiger partial charge in [0, 0.05) is 43.3 Å². The highest BCUT2D eigenvalue weighted by molar-refractivity contribution is 6.30. The van der Waals surface area contributed by atoms with Crippen LogP contribution in [0.25, 0.3) is 0 Å². The highest BCUT2D eigenvalue weighted by atomic mass is 35.5. The van der Waals surface area contributed by atoms with Crippen molar-refractivity contribution >= 4 is 23.4 Å². The summed E-state index contributed by atoms with van der Waals surface area (Å²) >= 11 is 5.95. The normalized spacial score (nSPS) is 18.5. The molecule has 1 N–H and O–H groups in total. The van der Waals surface area contributed by atoms with E-state index in [1.807, 2.05) is 23.1 Å². The van der Waals surface area contributed by atoms with Gasteiger partial charge in [-0.1, -0.05) is 54.8 Å². The zero-order valence-electron chi connectivity index (χ0n) is 18.5. The van der Waals surface area contributed by atoms with Crippen molar-refractivity contribution < 1.29 is 9.59 Å². The fourth-order valence-corrected chi connectivity index (χ4v) is 5.13. The van der Waals surface area contributed by atoms with Gasteiger partial charge in [0.05, 0.1) is 6.04 Å². The van der Waals surface area contributed by atoms with E-state index < -0.39 is 0 Å². The number of nitrogens with zero attached hydrogens (tertiary/aromatic N) is 2. The molecule has 1 aliphatic heterocycles. The summed E-state index contributed by atoms with van der Waals surface area (Å²) < 4.78 is 0. The Morgan fingerprint density at radius 1 is 0.938 bits per heavy atom.